The average molecular weight is 622 g/mol. The summed E-state index contributed by atoms with van der Waals surface area (Å²) in [7, 11) is 3.12. The summed E-state index contributed by atoms with van der Waals surface area (Å²) in [5.41, 5.74) is 3.64. The molecule has 2 amide bonds. The third-order valence-corrected chi connectivity index (χ3v) is 8.06. The molecule has 3 aromatic rings. The molecule has 45 heavy (non-hydrogen) atoms. The Morgan fingerprint density at radius 2 is 1.47 bits per heavy atom. The Balaban J connectivity index is 0.000000309. The fourth-order valence-corrected chi connectivity index (χ4v) is 5.85. The van der Waals surface area contributed by atoms with Crippen molar-refractivity contribution in [3.05, 3.63) is 53.3 Å². The van der Waals surface area contributed by atoms with Gasteiger partial charge in [-0.25, -0.2) is 4.39 Å². The van der Waals surface area contributed by atoms with Crippen molar-refractivity contribution in [1.29, 1.82) is 0 Å². The van der Waals surface area contributed by atoms with Crippen LogP contribution in [0.1, 0.15) is 54.4 Å². The zero-order chi connectivity index (χ0) is 32.1. The Morgan fingerprint density at radius 1 is 0.867 bits per heavy atom. The zero-order valence-corrected chi connectivity index (χ0v) is 25.3. The van der Waals surface area contributed by atoms with Crippen LogP contribution in [-0.2, 0) is 20.8 Å². The van der Waals surface area contributed by atoms with Gasteiger partial charge in [0.15, 0.2) is 17.3 Å². The van der Waals surface area contributed by atoms with Gasteiger partial charge in [-0.15, -0.1) is 5.10 Å². The average Bonchev–Trinajstić information content (AvgIpc) is 3.83. The number of carboxylic acids is 1. The van der Waals surface area contributed by atoms with E-state index in [9.17, 15) is 23.6 Å². The third-order valence-electron chi connectivity index (χ3n) is 8.06. The Labute approximate surface area is 259 Å². The van der Waals surface area contributed by atoms with Crippen LogP contribution < -0.4 is 14.8 Å². The Morgan fingerprint density at radius 3 is 2.04 bits per heavy atom. The first-order chi connectivity index (χ1) is 21.7. The van der Waals surface area contributed by atoms with Gasteiger partial charge in [-0.05, 0) is 61.6 Å². The summed E-state index contributed by atoms with van der Waals surface area (Å²) in [6, 6.07) is 9.74. The maximum absolute atomic E-state index is 13.8. The SMILES string of the molecule is COc1cc2c(cc1OC)-c1c(c(Nc3cccc(F)c3)nn1C(=O)CC(=O)N1CCCC1)C2.O=C(O)CC(=O)N1CCCC1. The van der Waals surface area contributed by atoms with Gasteiger partial charge in [-0.2, -0.15) is 4.68 Å². The Bertz CT molecular complexity index is 1610. The number of fused-ring (bicyclic) bond motifs is 3. The highest BCUT2D eigenvalue weighted by Crippen LogP contribution is 2.45. The van der Waals surface area contributed by atoms with E-state index in [-0.39, 0.29) is 30.5 Å². The maximum atomic E-state index is 13.8. The standard InChI is InChI=1S/C25H25FN4O4.C7H11NO3/c1-33-20-11-15-10-19-24(18(15)13-21(20)34-2)30(23(32)14-22(31)29-8-3-4-9-29)28-25(19)27-17-7-5-6-16(26)12-17;9-6(5-7(10)11)8-3-1-2-4-8/h5-7,11-13H,3-4,8-10,14H2,1-2H3,(H,27,28);1-5H2,(H,10,11). The van der Waals surface area contributed by atoms with E-state index in [1.165, 1.54) is 16.8 Å². The smallest absolute Gasteiger partial charge is 0.312 e. The molecule has 6 rings (SSSR count). The highest BCUT2D eigenvalue weighted by atomic mass is 19.1. The monoisotopic (exact) mass is 621 g/mol. The molecule has 1 aliphatic carbocycles. The van der Waals surface area contributed by atoms with E-state index >= 15 is 0 Å². The molecule has 3 heterocycles. The summed E-state index contributed by atoms with van der Waals surface area (Å²) in [5, 5.41) is 16.0. The number of amides is 2. The molecule has 0 saturated carbocycles. The van der Waals surface area contributed by atoms with Gasteiger partial charge in [0, 0.05) is 49.4 Å². The number of nitrogens with one attached hydrogen (secondary N) is 1. The second kappa shape index (κ2) is 13.8. The lowest BCUT2D eigenvalue weighted by Crippen LogP contribution is -2.31. The first kappa shape index (κ1) is 31.5. The number of hydrogen-bond donors (Lipinski definition) is 2. The zero-order valence-electron chi connectivity index (χ0n) is 25.3. The second-order valence-electron chi connectivity index (χ2n) is 11.1. The van der Waals surface area contributed by atoms with Crippen molar-refractivity contribution in [3.63, 3.8) is 0 Å². The lowest BCUT2D eigenvalue weighted by Gasteiger charge is -2.15. The molecule has 13 heteroatoms. The molecule has 12 nitrogen and oxygen atoms in total. The first-order valence-corrected chi connectivity index (χ1v) is 14.9. The van der Waals surface area contributed by atoms with Crippen molar-refractivity contribution in [2.75, 3.05) is 45.7 Å². The lowest BCUT2D eigenvalue weighted by molar-refractivity contribution is -0.143. The van der Waals surface area contributed by atoms with E-state index in [1.54, 1.807) is 36.2 Å². The molecule has 2 N–H and O–H groups in total. The van der Waals surface area contributed by atoms with Crippen LogP contribution in [0.4, 0.5) is 15.9 Å². The van der Waals surface area contributed by atoms with Gasteiger partial charge in [0.05, 0.1) is 19.9 Å². The summed E-state index contributed by atoms with van der Waals surface area (Å²) in [6.45, 7) is 2.81. The van der Waals surface area contributed by atoms with Gasteiger partial charge in [0.25, 0.3) is 5.91 Å². The predicted octanol–water partition coefficient (Wildman–Crippen LogP) is 4.09. The van der Waals surface area contributed by atoms with Crippen molar-refractivity contribution < 1.29 is 38.1 Å². The molecule has 1 aromatic heterocycles. The number of ether oxygens (including phenoxy) is 2. The molecule has 2 aromatic carbocycles. The summed E-state index contributed by atoms with van der Waals surface area (Å²) in [4.78, 5) is 50.4. The normalized spacial score (nSPS) is 14.7. The predicted molar refractivity (Wildman–Crippen MR) is 162 cm³/mol. The van der Waals surface area contributed by atoms with E-state index < -0.39 is 11.9 Å². The highest BCUT2D eigenvalue weighted by Gasteiger charge is 2.33. The van der Waals surface area contributed by atoms with Crippen molar-refractivity contribution in [2.45, 2.75) is 44.9 Å². The highest BCUT2D eigenvalue weighted by molar-refractivity contribution is 6.01. The van der Waals surface area contributed by atoms with Crippen LogP contribution in [0.15, 0.2) is 36.4 Å². The van der Waals surface area contributed by atoms with Gasteiger partial charge < -0.3 is 29.7 Å². The van der Waals surface area contributed by atoms with Crippen LogP contribution in [-0.4, -0.2) is 88.8 Å². The van der Waals surface area contributed by atoms with Crippen LogP contribution in [0, 0.1) is 5.82 Å². The van der Waals surface area contributed by atoms with Crippen molar-refractivity contribution in [1.82, 2.24) is 19.6 Å². The fourth-order valence-electron chi connectivity index (χ4n) is 5.85. The molecule has 0 spiro atoms. The van der Waals surface area contributed by atoms with Gasteiger partial charge in [0.2, 0.25) is 11.8 Å². The molecule has 238 valence electrons. The van der Waals surface area contributed by atoms with E-state index in [2.05, 4.69) is 10.4 Å². The molecule has 2 aliphatic heterocycles. The first-order valence-electron chi connectivity index (χ1n) is 14.9. The second-order valence-corrected chi connectivity index (χ2v) is 11.1. The van der Waals surface area contributed by atoms with E-state index in [4.69, 9.17) is 14.6 Å². The summed E-state index contributed by atoms with van der Waals surface area (Å²) < 4.78 is 26.0. The van der Waals surface area contributed by atoms with Crippen LogP contribution in [0.25, 0.3) is 11.3 Å². The molecule has 2 fully saturated rings. The van der Waals surface area contributed by atoms with Crippen LogP contribution in [0.3, 0.4) is 0 Å². The third kappa shape index (κ3) is 7.08. The number of likely N-dealkylation sites (tertiary alicyclic amines) is 2. The van der Waals surface area contributed by atoms with Gasteiger partial charge >= 0.3 is 5.97 Å². The minimum Gasteiger partial charge on any atom is -0.493 e. The molecular formula is C32H36FN5O7. The molecule has 0 radical (unpaired) electrons. The Hall–Kier alpha value is -4.94. The van der Waals surface area contributed by atoms with E-state index in [0.29, 0.717) is 48.2 Å². The molecule has 0 bridgehead atoms. The molecule has 0 atom stereocenters. The van der Waals surface area contributed by atoms with Crippen molar-refractivity contribution in [3.8, 4) is 22.8 Å². The number of methoxy groups -OCH3 is 2. The number of benzene rings is 2. The number of rotatable bonds is 8. The topological polar surface area (TPSA) is 143 Å². The Kier molecular flexibility index (Phi) is 9.65. The van der Waals surface area contributed by atoms with Crippen LogP contribution in [0.5, 0.6) is 11.5 Å². The maximum Gasteiger partial charge on any atom is 0.312 e. The van der Waals surface area contributed by atoms with Gasteiger partial charge in [0.1, 0.15) is 18.7 Å². The number of anilines is 2. The largest absolute Gasteiger partial charge is 0.493 e. The summed E-state index contributed by atoms with van der Waals surface area (Å²) in [6.07, 6.45) is 3.78. The number of carbonyl (C=O) groups excluding carboxylic acids is 3. The summed E-state index contributed by atoms with van der Waals surface area (Å²) >= 11 is 0. The number of carboxylic acid groups (broad SMARTS) is 1. The number of hydrogen-bond acceptors (Lipinski definition) is 8. The van der Waals surface area contributed by atoms with Gasteiger partial charge in [-0.1, -0.05) is 6.07 Å². The van der Waals surface area contributed by atoms with Crippen LogP contribution in [0.2, 0.25) is 0 Å². The minimum atomic E-state index is -1.04. The molecule has 0 unspecified atom stereocenters. The lowest BCUT2D eigenvalue weighted by atomic mass is 10.1. The number of carbonyl (C=O) groups is 4. The van der Waals surface area contributed by atoms with Crippen molar-refractivity contribution >= 4 is 35.2 Å². The summed E-state index contributed by atoms with van der Waals surface area (Å²) in [5.74, 6) is -0.733. The van der Waals surface area contributed by atoms with Gasteiger partial charge in [-0.3, -0.25) is 19.2 Å². The van der Waals surface area contributed by atoms with E-state index in [1.807, 2.05) is 12.1 Å². The van der Waals surface area contributed by atoms with E-state index in [0.717, 1.165) is 55.5 Å². The molecular weight excluding hydrogens is 585 g/mol. The number of aromatic nitrogens is 2. The number of aliphatic carboxylic acids is 1. The number of halogens is 1. The minimum absolute atomic E-state index is 0.197. The fraction of sp³-hybridized carbons (Fsp3) is 0.406. The number of nitrogens with zero attached hydrogens (tertiary/aromatic N) is 4. The van der Waals surface area contributed by atoms with Crippen molar-refractivity contribution in [2.24, 2.45) is 0 Å². The quantitative estimate of drug-likeness (QED) is 0.278. The molecule has 3 aliphatic rings. The van der Waals surface area contributed by atoms with Crippen LogP contribution >= 0.6 is 0 Å². The molecule has 2 saturated heterocycles.